The fourth-order valence-corrected chi connectivity index (χ4v) is 2.94. The third-order valence-electron chi connectivity index (χ3n) is 2.95. The van der Waals surface area contributed by atoms with Gasteiger partial charge < -0.3 is 4.74 Å². The summed E-state index contributed by atoms with van der Waals surface area (Å²) in [4.78, 5) is 4.94. The molecule has 0 aromatic carbocycles. The second kappa shape index (κ2) is 5.17. The van der Waals surface area contributed by atoms with E-state index in [1.54, 1.807) is 6.20 Å². The van der Waals surface area contributed by atoms with E-state index in [-0.39, 0.29) is 6.10 Å². The monoisotopic (exact) mass is 283 g/mol. The van der Waals surface area contributed by atoms with Crippen molar-refractivity contribution in [3.8, 4) is 5.75 Å². The van der Waals surface area contributed by atoms with Crippen molar-refractivity contribution in [1.29, 1.82) is 0 Å². The predicted molar refractivity (Wildman–Crippen MR) is 69.3 cm³/mol. The largest absolute Gasteiger partial charge is 0.489 e. The number of pyridine rings is 1. The van der Waals surface area contributed by atoms with Crippen molar-refractivity contribution in [3.63, 3.8) is 0 Å². The number of alkyl halides is 1. The molecule has 1 aromatic heterocycles. The van der Waals surface area contributed by atoms with Gasteiger partial charge in [0.05, 0.1) is 12.3 Å². The van der Waals surface area contributed by atoms with E-state index >= 15 is 0 Å². The lowest BCUT2D eigenvalue weighted by atomic mass is 10.00. The fourth-order valence-electron chi connectivity index (χ4n) is 2.22. The molecule has 16 heavy (non-hydrogen) atoms. The van der Waals surface area contributed by atoms with Crippen molar-refractivity contribution in [1.82, 2.24) is 4.98 Å². The summed E-state index contributed by atoms with van der Waals surface area (Å²) in [6.07, 6.45) is 7.71. The summed E-state index contributed by atoms with van der Waals surface area (Å²) in [6, 6.07) is 2.14. The van der Waals surface area contributed by atoms with Crippen LogP contribution in [0.4, 0.5) is 0 Å². The first kappa shape index (κ1) is 11.9. The molecule has 1 aliphatic rings. The highest BCUT2D eigenvalue weighted by Crippen LogP contribution is 2.38. The second-order valence-corrected chi connectivity index (χ2v) is 6.02. The average molecular weight is 284 g/mol. The number of hydrogen-bond acceptors (Lipinski definition) is 2. The van der Waals surface area contributed by atoms with Crippen LogP contribution >= 0.6 is 15.9 Å². The maximum atomic E-state index is 5.67. The summed E-state index contributed by atoms with van der Waals surface area (Å²) in [5.74, 6) is 1.54. The van der Waals surface area contributed by atoms with Crippen LogP contribution in [0.1, 0.15) is 44.6 Å². The zero-order chi connectivity index (χ0) is 11.5. The molecule has 0 N–H and O–H groups in total. The number of hydrogen-bond donors (Lipinski definition) is 0. The minimum absolute atomic E-state index is 0.213. The Hall–Kier alpha value is -0.570. The van der Waals surface area contributed by atoms with E-state index in [9.17, 15) is 0 Å². The van der Waals surface area contributed by atoms with Gasteiger partial charge in [-0.3, -0.25) is 4.98 Å². The van der Waals surface area contributed by atoms with Gasteiger partial charge in [-0.05, 0) is 50.7 Å². The Morgan fingerprint density at radius 2 is 2.19 bits per heavy atom. The van der Waals surface area contributed by atoms with E-state index in [0.29, 0.717) is 10.7 Å². The van der Waals surface area contributed by atoms with Crippen molar-refractivity contribution >= 4 is 15.9 Å². The van der Waals surface area contributed by atoms with Crippen molar-refractivity contribution in [2.24, 2.45) is 0 Å². The van der Waals surface area contributed by atoms with Gasteiger partial charge in [-0.15, -0.1) is 0 Å². The number of halogens is 1. The molecule has 0 radical (unpaired) electrons. The Bertz CT molecular complexity index is 354. The minimum Gasteiger partial charge on any atom is -0.489 e. The van der Waals surface area contributed by atoms with Gasteiger partial charge in [-0.25, -0.2) is 0 Å². The van der Waals surface area contributed by atoms with Crippen LogP contribution in [0, 0.1) is 0 Å². The quantitative estimate of drug-likeness (QED) is 0.785. The Labute approximate surface area is 106 Å². The summed E-state index contributed by atoms with van der Waals surface area (Å²) >= 11 is 3.68. The van der Waals surface area contributed by atoms with E-state index in [0.717, 1.165) is 5.75 Å². The third-order valence-corrected chi connectivity index (χ3v) is 3.78. The zero-order valence-electron chi connectivity index (χ0n) is 9.82. The van der Waals surface area contributed by atoms with Crippen LogP contribution in [0.15, 0.2) is 18.5 Å². The molecule has 88 valence electrons. The molecule has 1 heterocycles. The molecule has 0 amide bonds. The van der Waals surface area contributed by atoms with E-state index in [1.807, 2.05) is 20.0 Å². The third kappa shape index (κ3) is 2.97. The van der Waals surface area contributed by atoms with Crippen LogP contribution in [0.25, 0.3) is 0 Å². The Kier molecular flexibility index (Phi) is 3.85. The summed E-state index contributed by atoms with van der Waals surface area (Å²) in [6.45, 7) is 4.08. The SMILES string of the molecule is CC(C)Oc1cncc(C2CCC(Br)C2)c1. The predicted octanol–water partition coefficient (Wildman–Crippen LogP) is 3.90. The van der Waals surface area contributed by atoms with Gasteiger partial charge in [0, 0.05) is 11.0 Å². The van der Waals surface area contributed by atoms with Gasteiger partial charge in [0.25, 0.3) is 0 Å². The first-order chi connectivity index (χ1) is 7.65. The van der Waals surface area contributed by atoms with Crippen LogP contribution < -0.4 is 4.74 Å². The van der Waals surface area contributed by atoms with Gasteiger partial charge in [-0.2, -0.15) is 0 Å². The average Bonchev–Trinajstić information content (AvgIpc) is 2.64. The normalized spacial score (nSPS) is 25.0. The van der Waals surface area contributed by atoms with Gasteiger partial charge in [0.2, 0.25) is 0 Å². The summed E-state index contributed by atoms with van der Waals surface area (Å²) in [5.41, 5.74) is 1.32. The maximum absolute atomic E-state index is 5.67. The first-order valence-corrected chi connectivity index (χ1v) is 6.82. The zero-order valence-corrected chi connectivity index (χ0v) is 11.4. The molecule has 2 rings (SSSR count). The molecule has 0 bridgehead atoms. The molecule has 2 atom stereocenters. The summed E-state index contributed by atoms with van der Waals surface area (Å²) in [5, 5.41) is 0. The van der Waals surface area contributed by atoms with Crippen LogP contribution in [-0.4, -0.2) is 15.9 Å². The lowest BCUT2D eigenvalue weighted by molar-refractivity contribution is 0.241. The Morgan fingerprint density at radius 3 is 2.81 bits per heavy atom. The van der Waals surface area contributed by atoms with E-state index < -0.39 is 0 Å². The smallest absolute Gasteiger partial charge is 0.138 e. The van der Waals surface area contributed by atoms with Gasteiger partial charge in [0.15, 0.2) is 0 Å². The highest BCUT2D eigenvalue weighted by molar-refractivity contribution is 9.09. The van der Waals surface area contributed by atoms with Crippen LogP contribution in [-0.2, 0) is 0 Å². The standard InChI is InChI=1S/C13H18BrNO/c1-9(2)16-13-6-11(7-15-8-13)10-3-4-12(14)5-10/h6-10,12H,3-5H2,1-2H3. The molecule has 1 saturated carbocycles. The van der Waals surface area contributed by atoms with Crippen LogP contribution in [0.2, 0.25) is 0 Å². The van der Waals surface area contributed by atoms with Crippen molar-refractivity contribution in [2.45, 2.75) is 50.0 Å². The lowest BCUT2D eigenvalue weighted by Gasteiger charge is -2.13. The Balaban J connectivity index is 2.09. The lowest BCUT2D eigenvalue weighted by Crippen LogP contribution is -2.06. The molecule has 2 nitrogen and oxygen atoms in total. The van der Waals surface area contributed by atoms with Crippen molar-refractivity contribution in [3.05, 3.63) is 24.0 Å². The molecular weight excluding hydrogens is 266 g/mol. The molecule has 1 aliphatic carbocycles. The van der Waals surface area contributed by atoms with Gasteiger partial charge in [-0.1, -0.05) is 15.9 Å². The highest BCUT2D eigenvalue weighted by Gasteiger charge is 2.24. The number of nitrogens with zero attached hydrogens (tertiary/aromatic N) is 1. The van der Waals surface area contributed by atoms with Gasteiger partial charge in [0.1, 0.15) is 5.75 Å². The molecule has 3 heteroatoms. The molecule has 1 fully saturated rings. The topological polar surface area (TPSA) is 22.1 Å². The summed E-state index contributed by atoms with van der Waals surface area (Å²) < 4.78 is 5.67. The van der Waals surface area contributed by atoms with Crippen LogP contribution in [0.3, 0.4) is 0 Å². The fraction of sp³-hybridized carbons (Fsp3) is 0.615. The molecular formula is C13H18BrNO. The number of rotatable bonds is 3. The Morgan fingerprint density at radius 1 is 1.38 bits per heavy atom. The van der Waals surface area contributed by atoms with Crippen molar-refractivity contribution in [2.75, 3.05) is 0 Å². The second-order valence-electron chi connectivity index (χ2n) is 4.73. The first-order valence-electron chi connectivity index (χ1n) is 5.91. The van der Waals surface area contributed by atoms with E-state index in [2.05, 4.69) is 27.0 Å². The molecule has 1 aromatic rings. The van der Waals surface area contributed by atoms with Gasteiger partial charge >= 0.3 is 0 Å². The maximum Gasteiger partial charge on any atom is 0.138 e. The molecule has 0 saturated heterocycles. The van der Waals surface area contributed by atoms with Crippen molar-refractivity contribution < 1.29 is 4.74 Å². The number of aromatic nitrogens is 1. The molecule has 2 unspecified atom stereocenters. The summed E-state index contributed by atoms with van der Waals surface area (Å²) in [7, 11) is 0. The highest BCUT2D eigenvalue weighted by atomic mass is 79.9. The van der Waals surface area contributed by atoms with Crippen LogP contribution in [0.5, 0.6) is 5.75 Å². The number of ether oxygens (including phenoxy) is 1. The molecule has 0 spiro atoms. The van der Waals surface area contributed by atoms with E-state index in [1.165, 1.54) is 24.8 Å². The molecule has 0 aliphatic heterocycles. The van der Waals surface area contributed by atoms with E-state index in [4.69, 9.17) is 4.74 Å². The minimum atomic E-state index is 0.213.